The highest BCUT2D eigenvalue weighted by atomic mass is 19.4. The van der Waals surface area contributed by atoms with Crippen LogP contribution >= 0.6 is 0 Å². The number of aromatic nitrogens is 1. The first kappa shape index (κ1) is 20.6. The fourth-order valence-corrected chi connectivity index (χ4v) is 3.01. The summed E-state index contributed by atoms with van der Waals surface area (Å²) in [5.74, 6) is -3.10. The largest absolute Gasteiger partial charge is 0.490 e. The number of halogens is 4. The molecular formula is C16H17F4N3O4. The van der Waals surface area contributed by atoms with Crippen LogP contribution < -0.4 is 5.32 Å². The van der Waals surface area contributed by atoms with E-state index < -0.39 is 18.0 Å². The van der Waals surface area contributed by atoms with Crippen molar-refractivity contribution in [3.8, 4) is 0 Å². The normalized spacial score (nSPS) is 21.6. The number of rotatable bonds is 2. The molecule has 11 heteroatoms. The zero-order valence-electron chi connectivity index (χ0n) is 14.0. The smallest absolute Gasteiger partial charge is 0.475 e. The van der Waals surface area contributed by atoms with Gasteiger partial charge in [0.2, 0.25) is 11.8 Å². The van der Waals surface area contributed by atoms with Gasteiger partial charge in [0.1, 0.15) is 5.82 Å². The number of hydrogen-bond donors (Lipinski definition) is 2. The Morgan fingerprint density at radius 2 is 1.96 bits per heavy atom. The van der Waals surface area contributed by atoms with E-state index in [1.165, 1.54) is 12.1 Å². The topological polar surface area (TPSA) is 99.6 Å². The molecule has 0 radical (unpaired) electrons. The molecule has 27 heavy (non-hydrogen) atoms. The number of aliphatic carboxylic acids is 1. The first-order chi connectivity index (χ1) is 12.6. The Labute approximate surface area is 151 Å². The molecule has 2 atom stereocenters. The summed E-state index contributed by atoms with van der Waals surface area (Å²) < 4.78 is 44.5. The lowest BCUT2D eigenvalue weighted by atomic mass is 9.99. The van der Waals surface area contributed by atoms with Crippen molar-refractivity contribution in [1.82, 2.24) is 15.2 Å². The number of hydrogen-bond acceptors (Lipinski definition) is 4. The zero-order chi connectivity index (χ0) is 20.2. The number of pyridine rings is 1. The molecule has 0 saturated carbocycles. The molecule has 2 aliphatic rings. The van der Waals surface area contributed by atoms with Crippen LogP contribution in [0.3, 0.4) is 0 Å². The van der Waals surface area contributed by atoms with E-state index in [1.54, 1.807) is 0 Å². The summed E-state index contributed by atoms with van der Waals surface area (Å²) in [6.45, 7) is 0.662. The molecule has 2 fully saturated rings. The second-order valence-electron chi connectivity index (χ2n) is 6.10. The molecule has 0 aromatic carbocycles. The Bertz CT molecular complexity index is 709. The number of alkyl halides is 3. The van der Waals surface area contributed by atoms with Crippen LogP contribution in [0.4, 0.5) is 17.6 Å². The lowest BCUT2D eigenvalue weighted by molar-refractivity contribution is -0.192. The number of likely N-dealkylation sites (tertiary alicyclic amines) is 1. The summed E-state index contributed by atoms with van der Waals surface area (Å²) >= 11 is 0. The monoisotopic (exact) mass is 391 g/mol. The van der Waals surface area contributed by atoms with Gasteiger partial charge >= 0.3 is 12.1 Å². The van der Waals surface area contributed by atoms with Crippen LogP contribution in [0.2, 0.25) is 0 Å². The predicted octanol–water partition coefficient (Wildman–Crippen LogP) is 1.28. The van der Waals surface area contributed by atoms with Crippen LogP contribution in [0.15, 0.2) is 18.3 Å². The van der Waals surface area contributed by atoms with Gasteiger partial charge in [-0.2, -0.15) is 13.2 Å². The molecule has 2 aliphatic heterocycles. The molecular weight excluding hydrogens is 374 g/mol. The van der Waals surface area contributed by atoms with Gasteiger partial charge in [-0.25, -0.2) is 9.18 Å². The molecule has 3 heterocycles. The summed E-state index contributed by atoms with van der Waals surface area (Å²) in [7, 11) is 0. The number of nitrogens with zero attached hydrogens (tertiary/aromatic N) is 2. The summed E-state index contributed by atoms with van der Waals surface area (Å²) in [6, 6.07) is 3.02. The minimum Gasteiger partial charge on any atom is -0.475 e. The molecule has 2 N–H and O–H groups in total. The molecule has 0 bridgehead atoms. The maximum Gasteiger partial charge on any atom is 0.490 e. The van der Waals surface area contributed by atoms with E-state index in [2.05, 4.69) is 10.3 Å². The Morgan fingerprint density at radius 3 is 2.52 bits per heavy atom. The lowest BCUT2D eigenvalue weighted by Crippen LogP contribution is -2.51. The number of amides is 2. The maximum absolute atomic E-state index is 12.8. The molecule has 148 valence electrons. The number of carboxylic acids is 1. The van der Waals surface area contributed by atoms with E-state index in [9.17, 15) is 27.2 Å². The summed E-state index contributed by atoms with van der Waals surface area (Å²) in [4.78, 5) is 38.3. The van der Waals surface area contributed by atoms with Gasteiger partial charge in [-0.15, -0.1) is 0 Å². The summed E-state index contributed by atoms with van der Waals surface area (Å²) in [5.41, 5.74) is 0.569. The van der Waals surface area contributed by atoms with Gasteiger partial charge in [0.05, 0.1) is 24.7 Å². The SMILES string of the molecule is O=C(O)C(F)(F)F.O=C1CC[C@H]2[C@H](CCN2C(=O)Cc2ccc(F)cn2)N1. The molecule has 1 aromatic rings. The number of nitrogens with one attached hydrogen (secondary N) is 1. The van der Waals surface area contributed by atoms with Gasteiger partial charge in [-0.3, -0.25) is 14.6 Å². The highest BCUT2D eigenvalue weighted by Gasteiger charge is 2.40. The maximum atomic E-state index is 12.8. The molecule has 7 nitrogen and oxygen atoms in total. The first-order valence-corrected chi connectivity index (χ1v) is 8.07. The Kier molecular flexibility index (Phi) is 6.34. The average molecular weight is 391 g/mol. The van der Waals surface area contributed by atoms with Crippen LogP contribution in [0.1, 0.15) is 25.0 Å². The van der Waals surface area contributed by atoms with E-state index in [1.807, 2.05) is 4.90 Å². The minimum absolute atomic E-state index is 0.00671. The van der Waals surface area contributed by atoms with E-state index >= 15 is 0 Å². The molecule has 1 aromatic heterocycles. The fourth-order valence-electron chi connectivity index (χ4n) is 3.01. The fraction of sp³-hybridized carbons (Fsp3) is 0.500. The quantitative estimate of drug-likeness (QED) is 0.740. The van der Waals surface area contributed by atoms with E-state index in [0.29, 0.717) is 18.7 Å². The Balaban J connectivity index is 0.000000321. The van der Waals surface area contributed by atoms with Crippen molar-refractivity contribution in [3.63, 3.8) is 0 Å². The van der Waals surface area contributed by atoms with Crippen molar-refractivity contribution in [3.05, 3.63) is 29.8 Å². The Hall–Kier alpha value is -2.72. The molecule has 0 aliphatic carbocycles. The number of carbonyl (C=O) groups excluding carboxylic acids is 2. The minimum atomic E-state index is -5.08. The number of fused-ring (bicyclic) bond motifs is 1. The lowest BCUT2D eigenvalue weighted by Gasteiger charge is -2.32. The average Bonchev–Trinajstić information content (AvgIpc) is 2.99. The standard InChI is InChI=1S/C14H16FN3O2.C2HF3O2/c15-9-1-2-10(16-8-9)7-14(20)18-6-5-11-12(18)3-4-13(19)17-11;3-2(4,5)1(6)7/h1-2,8,11-12H,3-7H2,(H,17,19);(H,6,7)/t11-,12-;/m0./s1. The second-order valence-corrected chi connectivity index (χ2v) is 6.10. The van der Waals surface area contributed by atoms with Crippen molar-refractivity contribution in [2.45, 2.75) is 43.9 Å². The van der Waals surface area contributed by atoms with Gasteiger partial charge in [-0.05, 0) is 25.0 Å². The van der Waals surface area contributed by atoms with Gasteiger partial charge in [-0.1, -0.05) is 0 Å². The molecule has 0 unspecified atom stereocenters. The van der Waals surface area contributed by atoms with Crippen LogP contribution in [0, 0.1) is 5.82 Å². The van der Waals surface area contributed by atoms with Crippen molar-refractivity contribution in [1.29, 1.82) is 0 Å². The molecule has 0 spiro atoms. The van der Waals surface area contributed by atoms with Crippen molar-refractivity contribution < 1.29 is 37.1 Å². The van der Waals surface area contributed by atoms with E-state index in [-0.39, 0.29) is 30.3 Å². The summed E-state index contributed by atoms with van der Waals surface area (Å²) in [5, 5.41) is 10.1. The first-order valence-electron chi connectivity index (χ1n) is 8.07. The number of carboxylic acid groups (broad SMARTS) is 1. The third kappa shape index (κ3) is 5.63. The van der Waals surface area contributed by atoms with Crippen LogP contribution in [-0.4, -0.2) is 57.6 Å². The summed E-state index contributed by atoms with van der Waals surface area (Å²) in [6.07, 6.45) is -1.79. The van der Waals surface area contributed by atoms with Crippen molar-refractivity contribution in [2.75, 3.05) is 6.54 Å². The van der Waals surface area contributed by atoms with E-state index in [4.69, 9.17) is 9.90 Å². The van der Waals surface area contributed by atoms with Crippen LogP contribution in [0.25, 0.3) is 0 Å². The highest BCUT2D eigenvalue weighted by Crippen LogP contribution is 2.26. The third-order valence-electron chi connectivity index (χ3n) is 4.24. The Morgan fingerprint density at radius 1 is 1.30 bits per heavy atom. The molecule has 2 amide bonds. The van der Waals surface area contributed by atoms with Gasteiger partial charge in [0.15, 0.2) is 0 Å². The van der Waals surface area contributed by atoms with E-state index in [0.717, 1.165) is 19.0 Å². The van der Waals surface area contributed by atoms with Crippen molar-refractivity contribution >= 4 is 17.8 Å². The zero-order valence-corrected chi connectivity index (χ0v) is 14.0. The van der Waals surface area contributed by atoms with Gasteiger partial charge < -0.3 is 15.3 Å². The number of carbonyl (C=O) groups is 3. The highest BCUT2D eigenvalue weighted by molar-refractivity contribution is 5.81. The predicted molar refractivity (Wildman–Crippen MR) is 82.9 cm³/mol. The van der Waals surface area contributed by atoms with Crippen LogP contribution in [0.5, 0.6) is 0 Å². The molecule has 3 rings (SSSR count). The van der Waals surface area contributed by atoms with Crippen LogP contribution in [-0.2, 0) is 20.8 Å². The van der Waals surface area contributed by atoms with Gasteiger partial charge in [0.25, 0.3) is 0 Å². The number of piperidine rings is 1. The van der Waals surface area contributed by atoms with Crippen molar-refractivity contribution in [2.24, 2.45) is 0 Å². The molecule has 2 saturated heterocycles. The third-order valence-corrected chi connectivity index (χ3v) is 4.24. The van der Waals surface area contributed by atoms with Gasteiger partial charge in [0, 0.05) is 18.7 Å². The second kappa shape index (κ2) is 8.31.